The number of hydrogen-bond acceptors (Lipinski definition) is 1. The zero-order valence-corrected chi connectivity index (χ0v) is 18.6. The summed E-state index contributed by atoms with van der Waals surface area (Å²) >= 11 is 0. The summed E-state index contributed by atoms with van der Waals surface area (Å²) in [6, 6.07) is 22.2. The minimum Gasteiger partial charge on any atom is -0.413 e. The van der Waals surface area contributed by atoms with Crippen molar-refractivity contribution < 1.29 is 4.43 Å². The van der Waals surface area contributed by atoms with Crippen LogP contribution in [0.3, 0.4) is 0 Å². The summed E-state index contributed by atoms with van der Waals surface area (Å²) < 4.78 is 6.50. The quantitative estimate of drug-likeness (QED) is 0.417. The van der Waals surface area contributed by atoms with Crippen LogP contribution in [0, 0.1) is 0 Å². The second-order valence-electron chi connectivity index (χ2n) is 8.97. The Hall–Kier alpha value is -1.90. The smallest absolute Gasteiger partial charge is 0.192 e. The predicted octanol–water partition coefficient (Wildman–Crippen LogP) is 7.59. The van der Waals surface area contributed by atoms with Gasteiger partial charge in [-0.15, -0.1) is 0 Å². The molecule has 0 amide bonds. The van der Waals surface area contributed by atoms with Crippen molar-refractivity contribution in [2.75, 3.05) is 0 Å². The highest BCUT2D eigenvalue weighted by molar-refractivity contribution is 6.74. The van der Waals surface area contributed by atoms with Crippen molar-refractivity contribution >= 4 is 19.1 Å². The van der Waals surface area contributed by atoms with Crippen molar-refractivity contribution in [2.45, 2.75) is 58.9 Å². The molecule has 0 bridgehead atoms. The molecule has 0 heterocycles. The second kappa shape index (κ2) is 7.61. The van der Waals surface area contributed by atoms with Gasteiger partial charge in [0.2, 0.25) is 0 Å². The van der Waals surface area contributed by atoms with Crippen LogP contribution >= 0.6 is 0 Å². The summed E-state index contributed by atoms with van der Waals surface area (Å²) in [7, 11) is -1.76. The highest BCUT2D eigenvalue weighted by atomic mass is 28.4. The van der Waals surface area contributed by atoms with Crippen LogP contribution in [-0.4, -0.2) is 8.32 Å². The van der Waals surface area contributed by atoms with E-state index in [9.17, 15) is 0 Å². The van der Waals surface area contributed by atoms with E-state index in [0.717, 1.165) is 6.42 Å². The van der Waals surface area contributed by atoms with Crippen LogP contribution < -0.4 is 0 Å². The molecule has 2 heteroatoms. The van der Waals surface area contributed by atoms with E-state index >= 15 is 0 Å². The number of hydrogen-bond donors (Lipinski definition) is 0. The van der Waals surface area contributed by atoms with Crippen molar-refractivity contribution in [2.24, 2.45) is 0 Å². The third-order valence-corrected chi connectivity index (χ3v) is 10.4. The third kappa shape index (κ3) is 4.34. The first-order valence-corrected chi connectivity index (χ1v) is 12.9. The van der Waals surface area contributed by atoms with Crippen molar-refractivity contribution in [1.29, 1.82) is 0 Å². The summed E-state index contributed by atoms with van der Waals surface area (Å²) in [6.07, 6.45) is 1.03. The normalized spacial score (nSPS) is 12.5. The van der Waals surface area contributed by atoms with E-state index in [4.69, 9.17) is 4.43 Å². The van der Waals surface area contributed by atoms with E-state index in [1.165, 1.54) is 33.0 Å². The molecular weight excluding hydrogens is 344 g/mol. The third-order valence-electron chi connectivity index (χ3n) is 5.97. The van der Waals surface area contributed by atoms with E-state index in [2.05, 4.69) is 101 Å². The number of aryl methyl sites for hydroxylation is 1. The maximum atomic E-state index is 6.50. The topological polar surface area (TPSA) is 9.23 Å². The Morgan fingerprint density at radius 3 is 2.22 bits per heavy atom. The van der Waals surface area contributed by atoms with Gasteiger partial charge in [-0.25, -0.2) is 0 Å². The van der Waals surface area contributed by atoms with Crippen LogP contribution in [0.4, 0.5) is 0 Å². The van der Waals surface area contributed by atoms with Gasteiger partial charge in [-0.3, -0.25) is 0 Å². The van der Waals surface area contributed by atoms with Crippen molar-refractivity contribution in [3.05, 3.63) is 71.8 Å². The van der Waals surface area contributed by atoms with E-state index < -0.39 is 8.32 Å². The molecule has 0 saturated carbocycles. The number of rotatable bonds is 5. The summed E-state index contributed by atoms with van der Waals surface area (Å²) in [5.74, 6) is 0. The van der Waals surface area contributed by atoms with Crippen LogP contribution in [0.25, 0.3) is 21.9 Å². The molecule has 3 rings (SSSR count). The maximum absolute atomic E-state index is 6.50. The minimum atomic E-state index is -1.76. The largest absolute Gasteiger partial charge is 0.413 e. The number of fused-ring (bicyclic) bond motifs is 1. The highest BCUT2D eigenvalue weighted by Crippen LogP contribution is 2.37. The fraction of sp³-hybridized carbons (Fsp3) is 0.360. The van der Waals surface area contributed by atoms with Crippen molar-refractivity contribution in [1.82, 2.24) is 0 Å². The van der Waals surface area contributed by atoms with Gasteiger partial charge in [0.05, 0.1) is 6.61 Å². The van der Waals surface area contributed by atoms with Crippen molar-refractivity contribution in [3.8, 4) is 11.1 Å². The zero-order valence-electron chi connectivity index (χ0n) is 17.6. The first-order chi connectivity index (χ1) is 12.7. The standard InChI is InChI=1S/C25H32OSi/c1-7-19-15-20(18-26-27(5,6)25(2,3)4)17-22(16-19)24-14-10-12-21-11-8-9-13-23(21)24/h8-17H,7,18H2,1-6H3. The van der Waals surface area contributed by atoms with Gasteiger partial charge < -0.3 is 4.43 Å². The molecule has 0 fully saturated rings. The predicted molar refractivity (Wildman–Crippen MR) is 121 cm³/mol. The molecule has 0 radical (unpaired) electrons. The van der Waals surface area contributed by atoms with E-state index in [1.807, 2.05) is 0 Å². The van der Waals surface area contributed by atoms with Gasteiger partial charge in [-0.1, -0.05) is 82.3 Å². The van der Waals surface area contributed by atoms with Crippen LogP contribution in [0.5, 0.6) is 0 Å². The molecule has 0 aliphatic heterocycles. The highest BCUT2D eigenvalue weighted by Gasteiger charge is 2.37. The summed E-state index contributed by atoms with van der Waals surface area (Å²) in [5, 5.41) is 2.83. The van der Waals surface area contributed by atoms with Crippen molar-refractivity contribution in [3.63, 3.8) is 0 Å². The lowest BCUT2D eigenvalue weighted by Gasteiger charge is -2.36. The summed E-state index contributed by atoms with van der Waals surface area (Å²) in [6.45, 7) is 14.4. The first kappa shape index (κ1) is 19.8. The van der Waals surface area contributed by atoms with Crippen LogP contribution in [-0.2, 0) is 17.5 Å². The van der Waals surface area contributed by atoms with Gasteiger partial charge in [-0.2, -0.15) is 0 Å². The van der Waals surface area contributed by atoms with Gasteiger partial charge in [0.1, 0.15) is 0 Å². The van der Waals surface area contributed by atoms with Crippen LogP contribution in [0.15, 0.2) is 60.7 Å². The Kier molecular flexibility index (Phi) is 5.59. The average Bonchev–Trinajstić information content (AvgIpc) is 2.65. The average molecular weight is 377 g/mol. The summed E-state index contributed by atoms with van der Waals surface area (Å²) in [5.41, 5.74) is 5.24. The van der Waals surface area contributed by atoms with Gasteiger partial charge in [-0.05, 0) is 63.6 Å². The van der Waals surface area contributed by atoms with E-state index in [0.29, 0.717) is 6.61 Å². The molecular formula is C25H32OSi. The maximum Gasteiger partial charge on any atom is 0.192 e. The molecule has 142 valence electrons. The Morgan fingerprint density at radius 2 is 1.52 bits per heavy atom. The molecule has 0 aliphatic rings. The molecule has 27 heavy (non-hydrogen) atoms. The van der Waals surface area contributed by atoms with Crippen LogP contribution in [0.1, 0.15) is 38.8 Å². The molecule has 0 unspecified atom stereocenters. The fourth-order valence-electron chi connectivity index (χ4n) is 3.16. The molecule has 0 spiro atoms. The SMILES string of the molecule is CCc1cc(CO[Si](C)(C)C(C)(C)C)cc(-c2cccc3ccccc23)c1. The van der Waals surface area contributed by atoms with Gasteiger partial charge in [0.15, 0.2) is 8.32 Å². The van der Waals surface area contributed by atoms with Gasteiger partial charge >= 0.3 is 0 Å². The zero-order chi connectivity index (χ0) is 19.7. The molecule has 0 aliphatic carbocycles. The van der Waals surface area contributed by atoms with E-state index in [1.54, 1.807) is 0 Å². The Balaban J connectivity index is 1.99. The van der Waals surface area contributed by atoms with E-state index in [-0.39, 0.29) is 5.04 Å². The molecule has 1 nitrogen and oxygen atoms in total. The Morgan fingerprint density at radius 1 is 0.852 bits per heavy atom. The molecule has 0 aromatic heterocycles. The molecule has 0 N–H and O–H groups in total. The lowest BCUT2D eigenvalue weighted by Crippen LogP contribution is -2.40. The molecule has 0 saturated heterocycles. The molecule has 3 aromatic carbocycles. The lowest BCUT2D eigenvalue weighted by atomic mass is 9.95. The summed E-state index contributed by atoms with van der Waals surface area (Å²) in [4.78, 5) is 0. The van der Waals surface area contributed by atoms with Gasteiger partial charge in [0.25, 0.3) is 0 Å². The second-order valence-corrected chi connectivity index (χ2v) is 13.8. The minimum absolute atomic E-state index is 0.230. The molecule has 3 aromatic rings. The number of benzene rings is 3. The van der Waals surface area contributed by atoms with Gasteiger partial charge in [0, 0.05) is 0 Å². The monoisotopic (exact) mass is 376 g/mol. The van der Waals surface area contributed by atoms with Crippen LogP contribution in [0.2, 0.25) is 18.1 Å². The fourth-order valence-corrected chi connectivity index (χ4v) is 4.12. The Bertz CT molecular complexity index is 929. The first-order valence-electron chi connectivity index (χ1n) is 9.96. The lowest BCUT2D eigenvalue weighted by molar-refractivity contribution is 0.276. The molecule has 0 atom stereocenters. The Labute approximate surface area is 165 Å².